The average Bonchev–Trinajstić information content (AvgIpc) is 2.50. The maximum atomic E-state index is 5.98. The normalized spacial score (nSPS) is 10.3. The first-order valence-corrected chi connectivity index (χ1v) is 8.37. The van der Waals surface area contributed by atoms with E-state index in [4.69, 9.17) is 35.4 Å². The fourth-order valence-corrected chi connectivity index (χ4v) is 2.54. The molecule has 2 nitrogen and oxygen atoms in total. The van der Waals surface area contributed by atoms with E-state index in [0.29, 0.717) is 15.2 Å². The van der Waals surface area contributed by atoms with Crippen LogP contribution in [-0.2, 0) is 6.42 Å². The molecule has 0 atom stereocenters. The molecule has 5 heteroatoms. The second kappa shape index (κ2) is 8.37. The molecule has 0 fully saturated rings. The van der Waals surface area contributed by atoms with Gasteiger partial charge in [-0.1, -0.05) is 48.7 Å². The first-order valence-electron chi connectivity index (χ1n) is 7.20. The topological polar surface area (TPSA) is 24.1 Å². The van der Waals surface area contributed by atoms with Crippen LogP contribution < -0.4 is 10.6 Å². The van der Waals surface area contributed by atoms with Gasteiger partial charge in [-0.25, -0.2) is 0 Å². The number of halogens is 2. The van der Waals surface area contributed by atoms with Gasteiger partial charge < -0.3 is 10.6 Å². The maximum Gasteiger partial charge on any atom is 0.175 e. The molecule has 0 amide bonds. The van der Waals surface area contributed by atoms with Crippen molar-refractivity contribution in [1.29, 1.82) is 0 Å². The van der Waals surface area contributed by atoms with Gasteiger partial charge in [0.2, 0.25) is 0 Å². The number of hydrogen-bond acceptors (Lipinski definition) is 1. The third-order valence-corrected chi connectivity index (χ3v) is 4.15. The van der Waals surface area contributed by atoms with Crippen molar-refractivity contribution in [3.63, 3.8) is 0 Å². The Morgan fingerprint density at radius 3 is 2.23 bits per heavy atom. The quantitative estimate of drug-likeness (QED) is 0.631. The van der Waals surface area contributed by atoms with Crippen LogP contribution in [0.5, 0.6) is 0 Å². The van der Waals surface area contributed by atoms with Gasteiger partial charge >= 0.3 is 0 Å². The van der Waals surface area contributed by atoms with E-state index < -0.39 is 0 Å². The summed E-state index contributed by atoms with van der Waals surface area (Å²) in [6.07, 6.45) is 3.53. The minimum atomic E-state index is 0.495. The molecule has 22 heavy (non-hydrogen) atoms. The summed E-state index contributed by atoms with van der Waals surface area (Å²) in [5.41, 5.74) is 3.10. The van der Waals surface area contributed by atoms with Crippen molar-refractivity contribution >= 4 is 51.9 Å². The fourth-order valence-electron chi connectivity index (χ4n) is 2.00. The van der Waals surface area contributed by atoms with E-state index in [1.165, 1.54) is 18.4 Å². The van der Waals surface area contributed by atoms with E-state index >= 15 is 0 Å². The molecule has 0 aromatic heterocycles. The molecule has 2 N–H and O–H groups in total. The third-order valence-electron chi connectivity index (χ3n) is 3.21. The first-order chi connectivity index (χ1) is 10.6. The van der Waals surface area contributed by atoms with Crippen molar-refractivity contribution in [2.75, 3.05) is 10.6 Å². The molecule has 0 aliphatic rings. The molecule has 0 bridgehead atoms. The zero-order valence-corrected chi connectivity index (χ0v) is 14.7. The van der Waals surface area contributed by atoms with Crippen molar-refractivity contribution < 1.29 is 0 Å². The van der Waals surface area contributed by atoms with Gasteiger partial charge in [-0.05, 0) is 61.0 Å². The molecule has 2 aromatic rings. The zero-order chi connectivity index (χ0) is 15.9. The van der Waals surface area contributed by atoms with E-state index in [2.05, 4.69) is 29.7 Å². The van der Waals surface area contributed by atoms with Crippen molar-refractivity contribution in [3.05, 3.63) is 58.1 Å². The lowest BCUT2D eigenvalue weighted by molar-refractivity contribution is 0.795. The Bertz CT molecular complexity index is 642. The van der Waals surface area contributed by atoms with Crippen molar-refractivity contribution in [3.8, 4) is 0 Å². The van der Waals surface area contributed by atoms with Crippen LogP contribution in [0.4, 0.5) is 11.4 Å². The van der Waals surface area contributed by atoms with Crippen molar-refractivity contribution in [1.82, 2.24) is 0 Å². The Morgan fingerprint density at radius 1 is 0.955 bits per heavy atom. The number of benzene rings is 2. The van der Waals surface area contributed by atoms with E-state index in [1.54, 1.807) is 12.1 Å². The molecule has 116 valence electrons. The van der Waals surface area contributed by atoms with Gasteiger partial charge in [0.25, 0.3) is 0 Å². The van der Waals surface area contributed by atoms with Crippen LogP contribution >= 0.6 is 35.4 Å². The van der Waals surface area contributed by atoms with Crippen LogP contribution in [0.15, 0.2) is 42.5 Å². The summed E-state index contributed by atoms with van der Waals surface area (Å²) < 4.78 is 0. The summed E-state index contributed by atoms with van der Waals surface area (Å²) >= 11 is 17.2. The van der Waals surface area contributed by atoms with Gasteiger partial charge in [0.05, 0.1) is 10.0 Å². The number of nitrogens with one attached hydrogen (secondary N) is 2. The fraction of sp³-hybridized carbons (Fsp3) is 0.235. The van der Waals surface area contributed by atoms with E-state index in [0.717, 1.165) is 17.8 Å². The molecule has 2 rings (SSSR count). The highest BCUT2D eigenvalue weighted by atomic mass is 35.5. The highest BCUT2D eigenvalue weighted by Crippen LogP contribution is 2.25. The Hall–Kier alpha value is -1.29. The van der Waals surface area contributed by atoms with Gasteiger partial charge in [-0.15, -0.1) is 0 Å². The monoisotopic (exact) mass is 352 g/mol. The van der Waals surface area contributed by atoms with Crippen LogP contribution in [0, 0.1) is 0 Å². The Morgan fingerprint density at radius 2 is 1.59 bits per heavy atom. The molecule has 0 heterocycles. The molecule has 2 aromatic carbocycles. The van der Waals surface area contributed by atoms with Gasteiger partial charge in [0.15, 0.2) is 5.11 Å². The summed E-state index contributed by atoms with van der Waals surface area (Å²) in [5, 5.41) is 7.77. The predicted octanol–water partition coefficient (Wildman–Crippen LogP) is 6.14. The minimum Gasteiger partial charge on any atom is -0.332 e. The summed E-state index contributed by atoms with van der Waals surface area (Å²) in [5.74, 6) is 0. The van der Waals surface area contributed by atoms with Crippen molar-refractivity contribution in [2.45, 2.75) is 26.2 Å². The molecule has 0 unspecified atom stereocenters. The SMILES string of the molecule is CCCCc1ccc(NC(=S)Nc2ccc(Cl)c(Cl)c2)cc1. The van der Waals surface area contributed by atoms with Gasteiger partial charge in [-0.2, -0.15) is 0 Å². The minimum absolute atomic E-state index is 0.495. The summed E-state index contributed by atoms with van der Waals surface area (Å²) in [7, 11) is 0. The second-order valence-electron chi connectivity index (χ2n) is 5.01. The molecular formula is C17H18Cl2N2S. The lowest BCUT2D eigenvalue weighted by Gasteiger charge is -2.11. The smallest absolute Gasteiger partial charge is 0.175 e. The van der Waals surface area contributed by atoms with E-state index in [9.17, 15) is 0 Å². The van der Waals surface area contributed by atoms with Crippen LogP contribution in [0.1, 0.15) is 25.3 Å². The van der Waals surface area contributed by atoms with Crippen LogP contribution in [0.25, 0.3) is 0 Å². The highest BCUT2D eigenvalue weighted by molar-refractivity contribution is 7.80. The number of unbranched alkanes of at least 4 members (excludes halogenated alkanes) is 1. The van der Waals surface area contributed by atoms with E-state index in [-0.39, 0.29) is 0 Å². The highest BCUT2D eigenvalue weighted by Gasteiger charge is 2.02. The maximum absolute atomic E-state index is 5.98. The molecule has 0 saturated heterocycles. The zero-order valence-electron chi connectivity index (χ0n) is 12.3. The van der Waals surface area contributed by atoms with Crippen LogP contribution in [0.3, 0.4) is 0 Å². The molecule has 0 aliphatic carbocycles. The number of hydrogen-bond donors (Lipinski definition) is 2. The summed E-state index contributed by atoms with van der Waals surface area (Å²) in [6.45, 7) is 2.20. The third kappa shape index (κ3) is 5.16. The number of aryl methyl sites for hydroxylation is 1. The predicted molar refractivity (Wildman–Crippen MR) is 101 cm³/mol. The van der Waals surface area contributed by atoms with Gasteiger partial charge in [0, 0.05) is 11.4 Å². The standard InChI is InChI=1S/C17H18Cl2N2S/c1-2-3-4-12-5-7-13(8-6-12)20-17(22)21-14-9-10-15(18)16(19)11-14/h5-11H,2-4H2,1H3,(H2,20,21,22). The number of rotatable bonds is 5. The van der Waals surface area contributed by atoms with Crippen molar-refractivity contribution in [2.24, 2.45) is 0 Å². The summed E-state index contributed by atoms with van der Waals surface area (Å²) in [4.78, 5) is 0. The average molecular weight is 353 g/mol. The first kappa shape index (κ1) is 17.1. The Kier molecular flexibility index (Phi) is 6.49. The Balaban J connectivity index is 1.92. The molecule has 0 aliphatic heterocycles. The molecule has 0 saturated carbocycles. The lowest BCUT2D eigenvalue weighted by atomic mass is 10.1. The lowest BCUT2D eigenvalue weighted by Crippen LogP contribution is -2.18. The molecule has 0 spiro atoms. The van der Waals surface area contributed by atoms with Gasteiger partial charge in [0.1, 0.15) is 0 Å². The largest absolute Gasteiger partial charge is 0.332 e. The molecule has 0 radical (unpaired) electrons. The Labute approximate surface area is 146 Å². The summed E-state index contributed by atoms with van der Waals surface area (Å²) in [6, 6.07) is 13.6. The van der Waals surface area contributed by atoms with E-state index in [1.807, 2.05) is 18.2 Å². The van der Waals surface area contributed by atoms with Gasteiger partial charge in [-0.3, -0.25) is 0 Å². The number of thiocarbonyl (C=S) groups is 1. The second-order valence-corrected chi connectivity index (χ2v) is 6.23. The molecular weight excluding hydrogens is 335 g/mol. The van der Waals surface area contributed by atoms with Crippen LogP contribution in [0.2, 0.25) is 10.0 Å². The van der Waals surface area contributed by atoms with Crippen LogP contribution in [-0.4, -0.2) is 5.11 Å². The number of anilines is 2.